The maximum absolute atomic E-state index is 10.8. The minimum Gasteiger partial charge on any atom is -0.258 e. The van der Waals surface area contributed by atoms with Gasteiger partial charge in [-0.05, 0) is 52.6 Å². The first-order valence-corrected chi connectivity index (χ1v) is 10.6. The van der Waals surface area contributed by atoms with E-state index in [9.17, 15) is 20.2 Å². The average molecular weight is 438 g/mol. The molecule has 6 nitrogen and oxygen atoms in total. The first-order valence-electron chi connectivity index (χ1n) is 10.6. The Hall–Kier alpha value is -4.32. The van der Waals surface area contributed by atoms with Crippen molar-refractivity contribution in [3.8, 4) is 0 Å². The molecule has 0 saturated carbocycles. The van der Waals surface area contributed by atoms with Crippen LogP contribution in [0.3, 0.4) is 0 Å². The molecule has 0 heterocycles. The Bertz CT molecular complexity index is 1150. The van der Waals surface area contributed by atoms with Crippen LogP contribution in [-0.4, -0.2) is 9.85 Å². The summed E-state index contributed by atoms with van der Waals surface area (Å²) in [5, 5.41) is 21.6. The maximum atomic E-state index is 10.8. The standard InChI is InChI=1S/C27H22N2O4/c30-28(31)26-13-9-24(10-14-26)18-22-5-1-20(2-6-22)17-21-3-7-23(8-4-21)19-25-11-15-27(16-12-25)29(32)33/h1-16H,17-19H2. The lowest BCUT2D eigenvalue weighted by Gasteiger charge is -2.07. The molecule has 0 bridgehead atoms. The molecular weight excluding hydrogens is 416 g/mol. The molecule has 4 aromatic carbocycles. The Morgan fingerprint density at radius 3 is 0.758 bits per heavy atom. The molecule has 0 N–H and O–H groups in total. The molecule has 0 atom stereocenters. The summed E-state index contributed by atoms with van der Waals surface area (Å²) in [5.41, 5.74) is 7.03. The molecule has 33 heavy (non-hydrogen) atoms. The highest BCUT2D eigenvalue weighted by molar-refractivity contribution is 5.38. The highest BCUT2D eigenvalue weighted by atomic mass is 16.6. The Kier molecular flexibility index (Phi) is 6.55. The van der Waals surface area contributed by atoms with Gasteiger partial charge in [-0.25, -0.2) is 0 Å². The van der Waals surface area contributed by atoms with E-state index in [1.54, 1.807) is 24.3 Å². The molecule has 164 valence electrons. The molecule has 4 aromatic rings. The second-order valence-corrected chi connectivity index (χ2v) is 8.01. The predicted octanol–water partition coefficient (Wildman–Crippen LogP) is 6.28. The van der Waals surface area contributed by atoms with Crippen LogP contribution in [0.1, 0.15) is 33.4 Å². The van der Waals surface area contributed by atoms with Crippen molar-refractivity contribution >= 4 is 11.4 Å². The highest BCUT2D eigenvalue weighted by Crippen LogP contribution is 2.19. The van der Waals surface area contributed by atoms with E-state index >= 15 is 0 Å². The fourth-order valence-corrected chi connectivity index (χ4v) is 3.73. The van der Waals surface area contributed by atoms with Crippen LogP contribution in [0.4, 0.5) is 11.4 Å². The minimum absolute atomic E-state index is 0.104. The van der Waals surface area contributed by atoms with Gasteiger partial charge in [-0.3, -0.25) is 20.2 Å². The molecule has 0 fully saturated rings. The molecule has 0 aliphatic carbocycles. The van der Waals surface area contributed by atoms with Crippen molar-refractivity contribution in [2.24, 2.45) is 0 Å². The summed E-state index contributed by atoms with van der Waals surface area (Å²) in [6.07, 6.45) is 2.29. The summed E-state index contributed by atoms with van der Waals surface area (Å²) in [6.45, 7) is 0. The van der Waals surface area contributed by atoms with Gasteiger partial charge in [0.25, 0.3) is 11.4 Å². The minimum atomic E-state index is -0.388. The zero-order chi connectivity index (χ0) is 23.2. The second-order valence-electron chi connectivity index (χ2n) is 8.01. The summed E-state index contributed by atoms with van der Waals surface area (Å²) in [6, 6.07) is 30.2. The summed E-state index contributed by atoms with van der Waals surface area (Å²) in [7, 11) is 0. The third kappa shape index (κ3) is 5.89. The molecule has 0 unspecified atom stereocenters. The average Bonchev–Trinajstić information content (AvgIpc) is 2.82. The number of benzene rings is 4. The van der Waals surface area contributed by atoms with Crippen LogP contribution in [-0.2, 0) is 19.3 Å². The maximum Gasteiger partial charge on any atom is 0.269 e. The van der Waals surface area contributed by atoms with Gasteiger partial charge in [0, 0.05) is 24.3 Å². The SMILES string of the molecule is O=[N+]([O-])c1ccc(Cc2ccc(Cc3ccc(Cc4ccc([N+](=O)[O-])cc4)cc3)cc2)cc1. The Morgan fingerprint density at radius 2 is 0.576 bits per heavy atom. The Balaban J connectivity index is 1.34. The van der Waals surface area contributed by atoms with Crippen molar-refractivity contribution in [2.45, 2.75) is 19.3 Å². The van der Waals surface area contributed by atoms with Gasteiger partial charge in [0.15, 0.2) is 0 Å². The molecule has 0 aliphatic rings. The fourth-order valence-electron chi connectivity index (χ4n) is 3.73. The number of hydrogen-bond acceptors (Lipinski definition) is 4. The number of nitro benzene ring substituents is 2. The summed E-state index contributed by atoms with van der Waals surface area (Å²) >= 11 is 0. The predicted molar refractivity (Wildman–Crippen MR) is 127 cm³/mol. The third-order valence-electron chi connectivity index (χ3n) is 5.57. The molecule has 0 aromatic heterocycles. The number of rotatable bonds is 8. The quantitative estimate of drug-likeness (QED) is 0.239. The van der Waals surface area contributed by atoms with Crippen molar-refractivity contribution < 1.29 is 9.85 Å². The Labute approximate surface area is 191 Å². The monoisotopic (exact) mass is 438 g/mol. The molecule has 0 amide bonds. The van der Waals surface area contributed by atoms with Crippen LogP contribution in [0.15, 0.2) is 97.1 Å². The van der Waals surface area contributed by atoms with E-state index in [0.717, 1.165) is 41.5 Å². The van der Waals surface area contributed by atoms with E-state index < -0.39 is 0 Å². The van der Waals surface area contributed by atoms with E-state index in [0.29, 0.717) is 0 Å². The van der Waals surface area contributed by atoms with E-state index in [2.05, 4.69) is 48.5 Å². The van der Waals surface area contributed by atoms with Crippen LogP contribution in [0.2, 0.25) is 0 Å². The summed E-state index contributed by atoms with van der Waals surface area (Å²) < 4.78 is 0. The lowest BCUT2D eigenvalue weighted by atomic mass is 9.98. The van der Waals surface area contributed by atoms with Crippen molar-refractivity contribution in [3.05, 3.63) is 151 Å². The molecule has 6 heteroatoms. The summed E-state index contributed by atoms with van der Waals surface area (Å²) in [5.74, 6) is 0. The van der Waals surface area contributed by atoms with Crippen LogP contribution in [0.5, 0.6) is 0 Å². The number of non-ortho nitro benzene ring substituents is 2. The van der Waals surface area contributed by atoms with Crippen molar-refractivity contribution in [3.63, 3.8) is 0 Å². The zero-order valence-corrected chi connectivity index (χ0v) is 17.9. The van der Waals surface area contributed by atoms with E-state index in [1.807, 2.05) is 0 Å². The topological polar surface area (TPSA) is 86.3 Å². The van der Waals surface area contributed by atoms with Gasteiger partial charge < -0.3 is 0 Å². The van der Waals surface area contributed by atoms with Crippen molar-refractivity contribution in [2.75, 3.05) is 0 Å². The largest absolute Gasteiger partial charge is 0.269 e. The first kappa shape index (κ1) is 21.9. The van der Waals surface area contributed by atoms with Crippen LogP contribution >= 0.6 is 0 Å². The van der Waals surface area contributed by atoms with Crippen molar-refractivity contribution in [1.29, 1.82) is 0 Å². The Morgan fingerprint density at radius 1 is 0.394 bits per heavy atom. The van der Waals surface area contributed by atoms with Gasteiger partial charge >= 0.3 is 0 Å². The van der Waals surface area contributed by atoms with E-state index in [-0.39, 0.29) is 21.2 Å². The van der Waals surface area contributed by atoms with Crippen LogP contribution in [0.25, 0.3) is 0 Å². The lowest BCUT2D eigenvalue weighted by Crippen LogP contribution is -1.94. The zero-order valence-electron chi connectivity index (χ0n) is 17.9. The van der Waals surface area contributed by atoms with E-state index in [4.69, 9.17) is 0 Å². The normalized spacial score (nSPS) is 10.7. The van der Waals surface area contributed by atoms with Gasteiger partial charge in [-0.15, -0.1) is 0 Å². The van der Waals surface area contributed by atoms with E-state index in [1.165, 1.54) is 35.4 Å². The molecule has 0 spiro atoms. The van der Waals surface area contributed by atoms with Gasteiger partial charge in [0.1, 0.15) is 0 Å². The molecule has 4 rings (SSSR count). The first-order chi connectivity index (χ1) is 16.0. The van der Waals surface area contributed by atoms with Crippen LogP contribution < -0.4 is 0 Å². The lowest BCUT2D eigenvalue weighted by molar-refractivity contribution is -0.385. The van der Waals surface area contributed by atoms with Gasteiger partial charge in [-0.2, -0.15) is 0 Å². The molecule has 0 radical (unpaired) electrons. The smallest absolute Gasteiger partial charge is 0.258 e. The van der Waals surface area contributed by atoms with Gasteiger partial charge in [-0.1, -0.05) is 72.8 Å². The number of nitrogens with zero attached hydrogens (tertiary/aromatic N) is 2. The van der Waals surface area contributed by atoms with Gasteiger partial charge in [0.2, 0.25) is 0 Å². The molecular formula is C27H22N2O4. The fraction of sp³-hybridized carbons (Fsp3) is 0.111. The third-order valence-corrected chi connectivity index (χ3v) is 5.57. The van der Waals surface area contributed by atoms with Crippen molar-refractivity contribution in [1.82, 2.24) is 0 Å². The van der Waals surface area contributed by atoms with Gasteiger partial charge in [0.05, 0.1) is 9.85 Å². The molecule has 0 aliphatic heterocycles. The highest BCUT2D eigenvalue weighted by Gasteiger charge is 2.06. The number of nitro groups is 2. The number of hydrogen-bond donors (Lipinski definition) is 0. The second kappa shape index (κ2) is 9.87. The summed E-state index contributed by atoms with van der Waals surface area (Å²) in [4.78, 5) is 20.8. The molecule has 0 saturated heterocycles. The van der Waals surface area contributed by atoms with Crippen LogP contribution in [0, 0.1) is 20.2 Å².